The first-order valence-corrected chi connectivity index (χ1v) is 7.61. The molecule has 0 saturated carbocycles. The summed E-state index contributed by atoms with van der Waals surface area (Å²) in [7, 11) is 1.51. The van der Waals surface area contributed by atoms with E-state index >= 15 is 0 Å². The number of carbonyl (C=O) groups is 1. The number of rotatable bonds is 10. The monoisotopic (exact) mass is 381 g/mol. The van der Waals surface area contributed by atoms with Crippen molar-refractivity contribution in [2.45, 2.75) is 19.9 Å². The fraction of sp³-hybridized carbons (Fsp3) is 0.562. The molecule has 0 aliphatic carbocycles. The summed E-state index contributed by atoms with van der Waals surface area (Å²) in [6.07, 6.45) is 0. The summed E-state index contributed by atoms with van der Waals surface area (Å²) in [5, 5.41) is 2.74. The van der Waals surface area contributed by atoms with Crippen molar-refractivity contribution in [3.8, 4) is 5.75 Å². The highest BCUT2D eigenvalue weighted by Crippen LogP contribution is 2.15. The maximum atomic E-state index is 11.7. The first kappa shape index (κ1) is 25.2. The molecule has 0 fully saturated rings. The van der Waals surface area contributed by atoms with Gasteiger partial charge in [0.25, 0.3) is 0 Å². The molecule has 1 atom stereocenters. The quantitative estimate of drug-likeness (QED) is 0.649. The molecule has 3 N–H and O–H groups in total. The number of hydrogen-bond donors (Lipinski definition) is 2. The van der Waals surface area contributed by atoms with E-state index in [1.807, 2.05) is 12.1 Å². The van der Waals surface area contributed by atoms with Gasteiger partial charge in [0.05, 0.1) is 6.61 Å². The Morgan fingerprint density at radius 3 is 2.29 bits per heavy atom. The molecule has 0 heterocycles. The standard InChI is InChI=1S/C16H27N3O3.2ClH/c1-4-19(5-2)10-11-22-14-8-6-13(7-9-14)18-16(20)15(17)12-21-3;;/h6-9,15H,4-5,10-12,17H2,1-3H3,(H,18,20);2*1H. The summed E-state index contributed by atoms with van der Waals surface area (Å²) in [5.74, 6) is 0.517. The van der Waals surface area contributed by atoms with Gasteiger partial charge in [0, 0.05) is 19.3 Å². The van der Waals surface area contributed by atoms with E-state index in [0.29, 0.717) is 12.3 Å². The second-order valence-electron chi connectivity index (χ2n) is 4.95. The van der Waals surface area contributed by atoms with E-state index in [1.54, 1.807) is 12.1 Å². The van der Waals surface area contributed by atoms with Gasteiger partial charge in [-0.3, -0.25) is 4.79 Å². The number of hydrogen-bond acceptors (Lipinski definition) is 5. The Kier molecular flexibility index (Phi) is 15.0. The molecule has 1 aromatic carbocycles. The highest BCUT2D eigenvalue weighted by molar-refractivity contribution is 5.94. The number of anilines is 1. The van der Waals surface area contributed by atoms with Gasteiger partial charge >= 0.3 is 0 Å². The highest BCUT2D eigenvalue weighted by atomic mass is 35.5. The number of ether oxygens (including phenoxy) is 2. The van der Waals surface area contributed by atoms with Crippen LogP contribution >= 0.6 is 24.8 Å². The van der Waals surface area contributed by atoms with Gasteiger partial charge in [-0.25, -0.2) is 0 Å². The molecule has 0 aliphatic heterocycles. The van der Waals surface area contributed by atoms with E-state index in [2.05, 4.69) is 24.1 Å². The summed E-state index contributed by atoms with van der Waals surface area (Å²) in [6, 6.07) is 6.59. The first-order chi connectivity index (χ1) is 10.6. The van der Waals surface area contributed by atoms with Crippen LogP contribution in [0.4, 0.5) is 5.69 Å². The van der Waals surface area contributed by atoms with Crippen LogP contribution in [0.2, 0.25) is 0 Å². The van der Waals surface area contributed by atoms with Crippen LogP contribution in [0.5, 0.6) is 5.75 Å². The minimum Gasteiger partial charge on any atom is -0.492 e. The zero-order valence-corrected chi connectivity index (χ0v) is 16.1. The molecule has 1 amide bonds. The fourth-order valence-corrected chi connectivity index (χ4v) is 1.96. The predicted molar refractivity (Wildman–Crippen MR) is 103 cm³/mol. The normalized spacial score (nSPS) is 11.2. The third kappa shape index (κ3) is 9.30. The van der Waals surface area contributed by atoms with Gasteiger partial charge in [0.2, 0.25) is 5.91 Å². The number of nitrogens with one attached hydrogen (secondary N) is 1. The molecule has 1 aromatic rings. The Morgan fingerprint density at radius 2 is 1.79 bits per heavy atom. The van der Waals surface area contributed by atoms with Crippen molar-refractivity contribution < 1.29 is 14.3 Å². The summed E-state index contributed by atoms with van der Waals surface area (Å²) < 4.78 is 10.5. The number of methoxy groups -OCH3 is 1. The topological polar surface area (TPSA) is 76.8 Å². The molecular weight excluding hydrogens is 353 g/mol. The Bertz CT molecular complexity index is 443. The minimum absolute atomic E-state index is 0. The minimum atomic E-state index is -0.671. The lowest BCUT2D eigenvalue weighted by atomic mass is 10.2. The Hall–Kier alpha value is -1.05. The zero-order valence-electron chi connectivity index (χ0n) is 14.5. The van der Waals surface area contributed by atoms with Crippen LogP contribution in [-0.4, -0.2) is 56.8 Å². The van der Waals surface area contributed by atoms with Crippen LogP contribution in [-0.2, 0) is 9.53 Å². The van der Waals surface area contributed by atoms with E-state index in [-0.39, 0.29) is 37.3 Å². The molecular formula is C16H29Cl2N3O3. The number of likely N-dealkylation sites (N-methyl/N-ethyl adjacent to an activating group) is 1. The number of amides is 1. The Morgan fingerprint density at radius 1 is 1.21 bits per heavy atom. The molecule has 0 aromatic heterocycles. The molecule has 1 rings (SSSR count). The lowest BCUT2D eigenvalue weighted by Crippen LogP contribution is -2.39. The van der Waals surface area contributed by atoms with Crippen LogP contribution < -0.4 is 15.8 Å². The molecule has 0 aliphatic rings. The lowest BCUT2D eigenvalue weighted by Gasteiger charge is -2.18. The molecule has 0 saturated heterocycles. The van der Waals surface area contributed by atoms with E-state index in [1.165, 1.54) is 7.11 Å². The molecule has 1 unspecified atom stereocenters. The summed E-state index contributed by atoms with van der Waals surface area (Å²) in [4.78, 5) is 14.0. The van der Waals surface area contributed by atoms with Crippen molar-refractivity contribution in [1.29, 1.82) is 0 Å². The number of benzene rings is 1. The van der Waals surface area contributed by atoms with Crippen molar-refractivity contribution in [1.82, 2.24) is 4.90 Å². The van der Waals surface area contributed by atoms with Gasteiger partial charge in [0.1, 0.15) is 18.4 Å². The second-order valence-corrected chi connectivity index (χ2v) is 4.95. The van der Waals surface area contributed by atoms with Crippen molar-refractivity contribution in [3.05, 3.63) is 24.3 Å². The van der Waals surface area contributed by atoms with Crippen molar-refractivity contribution in [2.24, 2.45) is 5.73 Å². The number of halogens is 2. The second kappa shape index (κ2) is 14.3. The van der Waals surface area contributed by atoms with E-state index < -0.39 is 6.04 Å². The van der Waals surface area contributed by atoms with Gasteiger partial charge in [-0.1, -0.05) is 13.8 Å². The van der Waals surface area contributed by atoms with E-state index in [9.17, 15) is 4.79 Å². The number of nitrogens with two attached hydrogens (primary N) is 1. The van der Waals surface area contributed by atoms with Gasteiger partial charge in [-0.05, 0) is 37.4 Å². The predicted octanol–water partition coefficient (Wildman–Crippen LogP) is 2.16. The van der Waals surface area contributed by atoms with Gasteiger partial charge in [0.15, 0.2) is 0 Å². The molecule has 0 bridgehead atoms. The third-order valence-electron chi connectivity index (χ3n) is 3.38. The average Bonchev–Trinajstić information content (AvgIpc) is 2.53. The van der Waals surface area contributed by atoms with Gasteiger partial charge < -0.3 is 25.4 Å². The van der Waals surface area contributed by atoms with Crippen molar-refractivity contribution in [2.75, 3.05) is 45.3 Å². The smallest absolute Gasteiger partial charge is 0.243 e. The van der Waals surface area contributed by atoms with Crippen LogP contribution in [0, 0.1) is 0 Å². The largest absolute Gasteiger partial charge is 0.492 e. The fourth-order valence-electron chi connectivity index (χ4n) is 1.96. The summed E-state index contributed by atoms with van der Waals surface area (Å²) >= 11 is 0. The number of carbonyl (C=O) groups excluding carboxylic acids is 1. The maximum Gasteiger partial charge on any atom is 0.243 e. The molecule has 8 heteroatoms. The maximum absolute atomic E-state index is 11.7. The molecule has 0 spiro atoms. The van der Waals surface area contributed by atoms with Gasteiger partial charge in [-0.15, -0.1) is 24.8 Å². The SMILES string of the molecule is CCN(CC)CCOc1ccc(NC(=O)C(N)COC)cc1.Cl.Cl. The Labute approximate surface area is 156 Å². The van der Waals surface area contributed by atoms with Gasteiger partial charge in [-0.2, -0.15) is 0 Å². The molecule has 24 heavy (non-hydrogen) atoms. The van der Waals surface area contributed by atoms with Crippen LogP contribution in [0.3, 0.4) is 0 Å². The van der Waals surface area contributed by atoms with Crippen molar-refractivity contribution in [3.63, 3.8) is 0 Å². The van der Waals surface area contributed by atoms with Crippen molar-refractivity contribution >= 4 is 36.4 Å². The first-order valence-electron chi connectivity index (χ1n) is 7.61. The summed E-state index contributed by atoms with van der Waals surface area (Å²) in [5.41, 5.74) is 6.35. The highest BCUT2D eigenvalue weighted by Gasteiger charge is 2.12. The molecule has 6 nitrogen and oxygen atoms in total. The number of nitrogens with zero attached hydrogens (tertiary/aromatic N) is 1. The zero-order chi connectivity index (χ0) is 16.4. The van der Waals surface area contributed by atoms with Crippen LogP contribution in [0.25, 0.3) is 0 Å². The van der Waals surface area contributed by atoms with E-state index in [0.717, 1.165) is 25.4 Å². The molecule has 140 valence electrons. The Balaban J connectivity index is 0. The van der Waals surface area contributed by atoms with E-state index in [4.69, 9.17) is 15.2 Å². The van der Waals surface area contributed by atoms with Crippen LogP contribution in [0.15, 0.2) is 24.3 Å². The average molecular weight is 382 g/mol. The summed E-state index contributed by atoms with van der Waals surface area (Å²) in [6.45, 7) is 8.05. The molecule has 0 radical (unpaired) electrons. The van der Waals surface area contributed by atoms with Crippen LogP contribution in [0.1, 0.15) is 13.8 Å². The third-order valence-corrected chi connectivity index (χ3v) is 3.38. The lowest BCUT2D eigenvalue weighted by molar-refractivity contribution is -0.118.